The van der Waals surface area contributed by atoms with E-state index in [1.165, 1.54) is 19.4 Å². The topological polar surface area (TPSA) is 57.7 Å². The fourth-order valence-corrected chi connectivity index (χ4v) is 2.37. The van der Waals surface area contributed by atoms with Crippen LogP contribution in [0, 0.1) is 0 Å². The zero-order valence-corrected chi connectivity index (χ0v) is 9.35. The van der Waals surface area contributed by atoms with Crippen LogP contribution in [0.2, 0.25) is 0 Å². The van der Waals surface area contributed by atoms with E-state index in [1.54, 1.807) is 6.33 Å². The molecule has 16 heavy (non-hydrogen) atoms. The number of hydrogen-bond acceptors (Lipinski definition) is 4. The molecule has 0 bridgehead atoms. The number of likely N-dealkylation sites (N-methyl/N-ethyl adjacent to an activating group) is 1. The molecule has 1 atom stereocenters. The molecule has 0 amide bonds. The van der Waals surface area contributed by atoms with Crippen molar-refractivity contribution in [2.45, 2.75) is 18.8 Å². The Kier molecular flexibility index (Phi) is 2.32. The van der Waals surface area contributed by atoms with Crippen molar-refractivity contribution < 1.29 is 0 Å². The van der Waals surface area contributed by atoms with Crippen LogP contribution in [-0.2, 0) is 0 Å². The molecule has 0 spiro atoms. The van der Waals surface area contributed by atoms with Crippen molar-refractivity contribution in [3.8, 4) is 0 Å². The summed E-state index contributed by atoms with van der Waals surface area (Å²) in [5.74, 6) is 0.513. The number of piperidine rings is 1. The maximum atomic E-state index is 4.28. The highest BCUT2D eigenvalue weighted by molar-refractivity contribution is 5.69. The van der Waals surface area contributed by atoms with Gasteiger partial charge in [-0.2, -0.15) is 5.10 Å². The first kappa shape index (κ1) is 9.72. The van der Waals surface area contributed by atoms with E-state index in [1.807, 2.05) is 0 Å². The second-order valence-corrected chi connectivity index (χ2v) is 4.51. The molecular formula is C11H15N5. The van der Waals surface area contributed by atoms with E-state index in [9.17, 15) is 0 Å². The van der Waals surface area contributed by atoms with Gasteiger partial charge in [0, 0.05) is 12.5 Å². The fraction of sp³-hybridized carbons (Fsp3) is 0.545. The van der Waals surface area contributed by atoms with Crippen LogP contribution in [0.25, 0.3) is 11.2 Å². The Morgan fingerprint density at radius 3 is 3.25 bits per heavy atom. The molecule has 2 aromatic heterocycles. The van der Waals surface area contributed by atoms with Gasteiger partial charge in [-0.1, -0.05) is 0 Å². The average molecular weight is 217 g/mol. The van der Waals surface area contributed by atoms with Gasteiger partial charge in [-0.3, -0.25) is 0 Å². The lowest BCUT2D eigenvalue weighted by Crippen LogP contribution is -2.31. The van der Waals surface area contributed by atoms with Gasteiger partial charge in [-0.05, 0) is 32.5 Å². The first-order valence-corrected chi connectivity index (χ1v) is 5.68. The second kappa shape index (κ2) is 3.83. The molecule has 0 radical (unpaired) electrons. The lowest BCUT2D eigenvalue weighted by molar-refractivity contribution is 0.248. The number of H-pyrrole nitrogens is 1. The minimum Gasteiger partial charge on any atom is -0.343 e. The van der Waals surface area contributed by atoms with Crippen molar-refractivity contribution in [2.75, 3.05) is 20.1 Å². The summed E-state index contributed by atoms with van der Waals surface area (Å²) in [7, 11) is 2.16. The molecule has 1 unspecified atom stereocenters. The number of aromatic nitrogens is 4. The molecule has 1 saturated heterocycles. The number of nitrogens with one attached hydrogen (secondary N) is 1. The van der Waals surface area contributed by atoms with Crippen LogP contribution in [0.15, 0.2) is 12.4 Å². The van der Waals surface area contributed by atoms with E-state index in [4.69, 9.17) is 0 Å². The van der Waals surface area contributed by atoms with Crippen LogP contribution in [0.4, 0.5) is 0 Å². The standard InChI is InChI=1S/C11H15N5/c1-16-4-2-3-8(6-16)9-5-10-11(15-14-9)13-7-12-10/h5,7-8H,2-4,6H2,1H3,(H,12,13,15). The van der Waals surface area contributed by atoms with E-state index in [0.717, 1.165) is 17.8 Å². The maximum absolute atomic E-state index is 4.28. The van der Waals surface area contributed by atoms with Gasteiger partial charge in [0.2, 0.25) is 0 Å². The van der Waals surface area contributed by atoms with Crippen molar-refractivity contribution >= 4 is 11.2 Å². The van der Waals surface area contributed by atoms with Crippen molar-refractivity contribution in [1.29, 1.82) is 0 Å². The third-order valence-electron chi connectivity index (χ3n) is 3.24. The molecule has 2 aromatic rings. The summed E-state index contributed by atoms with van der Waals surface area (Å²) in [5, 5.41) is 8.41. The van der Waals surface area contributed by atoms with Gasteiger partial charge in [0.05, 0.1) is 17.5 Å². The minimum atomic E-state index is 0.513. The molecule has 1 fully saturated rings. The predicted octanol–water partition coefficient (Wildman–Crippen LogP) is 1.16. The van der Waals surface area contributed by atoms with Crippen molar-refractivity contribution in [3.05, 3.63) is 18.1 Å². The number of aromatic amines is 1. The summed E-state index contributed by atoms with van der Waals surface area (Å²) in [5.41, 5.74) is 2.77. The van der Waals surface area contributed by atoms with Crippen LogP contribution >= 0.6 is 0 Å². The van der Waals surface area contributed by atoms with Crippen LogP contribution in [-0.4, -0.2) is 45.2 Å². The Hall–Kier alpha value is -1.49. The number of nitrogens with zero attached hydrogens (tertiary/aromatic N) is 4. The molecule has 0 aromatic carbocycles. The molecule has 3 rings (SSSR count). The summed E-state index contributed by atoms with van der Waals surface area (Å²) >= 11 is 0. The van der Waals surface area contributed by atoms with Gasteiger partial charge in [-0.25, -0.2) is 4.98 Å². The van der Waals surface area contributed by atoms with E-state index >= 15 is 0 Å². The fourth-order valence-electron chi connectivity index (χ4n) is 2.37. The van der Waals surface area contributed by atoms with Gasteiger partial charge >= 0.3 is 0 Å². The summed E-state index contributed by atoms with van der Waals surface area (Å²) in [4.78, 5) is 9.52. The number of rotatable bonds is 1. The molecule has 3 heterocycles. The normalized spacial score (nSPS) is 22.7. The molecule has 0 saturated carbocycles. The van der Waals surface area contributed by atoms with Crippen LogP contribution in [0.5, 0.6) is 0 Å². The van der Waals surface area contributed by atoms with E-state index in [2.05, 4.69) is 38.2 Å². The van der Waals surface area contributed by atoms with Gasteiger partial charge in [0.25, 0.3) is 0 Å². The first-order chi connectivity index (χ1) is 7.83. The van der Waals surface area contributed by atoms with Crippen molar-refractivity contribution in [2.24, 2.45) is 0 Å². The Bertz CT molecular complexity index is 492. The molecule has 1 aliphatic heterocycles. The number of fused-ring (bicyclic) bond motifs is 1. The van der Waals surface area contributed by atoms with Gasteiger partial charge < -0.3 is 9.88 Å². The summed E-state index contributed by atoms with van der Waals surface area (Å²) in [6, 6.07) is 2.08. The smallest absolute Gasteiger partial charge is 0.199 e. The zero-order valence-electron chi connectivity index (χ0n) is 9.35. The monoisotopic (exact) mass is 217 g/mol. The molecule has 1 aliphatic rings. The molecule has 5 heteroatoms. The second-order valence-electron chi connectivity index (χ2n) is 4.51. The van der Waals surface area contributed by atoms with Crippen LogP contribution < -0.4 is 0 Å². The number of imidazole rings is 1. The van der Waals surface area contributed by atoms with E-state index in [0.29, 0.717) is 11.6 Å². The Morgan fingerprint density at radius 2 is 2.38 bits per heavy atom. The minimum absolute atomic E-state index is 0.513. The van der Waals surface area contributed by atoms with Crippen molar-refractivity contribution in [3.63, 3.8) is 0 Å². The Balaban J connectivity index is 1.92. The van der Waals surface area contributed by atoms with Crippen LogP contribution in [0.3, 0.4) is 0 Å². The van der Waals surface area contributed by atoms with Gasteiger partial charge in [-0.15, -0.1) is 5.10 Å². The average Bonchev–Trinajstić information content (AvgIpc) is 2.75. The van der Waals surface area contributed by atoms with Crippen molar-refractivity contribution in [1.82, 2.24) is 25.1 Å². The Labute approximate surface area is 93.9 Å². The van der Waals surface area contributed by atoms with E-state index in [-0.39, 0.29) is 0 Å². The number of hydrogen-bond donors (Lipinski definition) is 1. The molecule has 1 N–H and O–H groups in total. The van der Waals surface area contributed by atoms with Crippen LogP contribution in [0.1, 0.15) is 24.5 Å². The van der Waals surface area contributed by atoms with E-state index < -0.39 is 0 Å². The SMILES string of the molecule is CN1CCCC(c2cc3[nH]cnc3nn2)C1. The Morgan fingerprint density at radius 1 is 1.44 bits per heavy atom. The summed E-state index contributed by atoms with van der Waals surface area (Å²) < 4.78 is 0. The lowest BCUT2D eigenvalue weighted by Gasteiger charge is -2.28. The highest BCUT2D eigenvalue weighted by atomic mass is 15.2. The third kappa shape index (κ3) is 1.67. The predicted molar refractivity (Wildman–Crippen MR) is 61.2 cm³/mol. The highest BCUT2D eigenvalue weighted by Gasteiger charge is 2.20. The maximum Gasteiger partial charge on any atom is 0.199 e. The molecule has 0 aliphatic carbocycles. The largest absolute Gasteiger partial charge is 0.343 e. The molecule has 5 nitrogen and oxygen atoms in total. The van der Waals surface area contributed by atoms with Gasteiger partial charge in [0.15, 0.2) is 5.65 Å². The molecular weight excluding hydrogens is 202 g/mol. The summed E-state index contributed by atoms with van der Waals surface area (Å²) in [6.07, 6.45) is 4.11. The van der Waals surface area contributed by atoms with Gasteiger partial charge in [0.1, 0.15) is 0 Å². The summed E-state index contributed by atoms with van der Waals surface area (Å²) in [6.45, 7) is 2.27. The highest BCUT2D eigenvalue weighted by Crippen LogP contribution is 2.25. The first-order valence-electron chi connectivity index (χ1n) is 5.68. The number of likely N-dealkylation sites (tertiary alicyclic amines) is 1. The lowest BCUT2D eigenvalue weighted by atomic mass is 9.95. The quantitative estimate of drug-likeness (QED) is 0.778. The molecule has 84 valence electrons. The third-order valence-corrected chi connectivity index (χ3v) is 3.24. The zero-order chi connectivity index (χ0) is 11.0.